The molecule has 0 aromatic heterocycles. The van der Waals surface area contributed by atoms with Crippen LogP contribution in [0, 0.1) is 0 Å². The van der Waals surface area contributed by atoms with Gasteiger partial charge in [0.25, 0.3) is 5.91 Å². The Labute approximate surface area is 116 Å². The maximum Gasteiger partial charge on any atom is 0.255 e. The predicted octanol–water partition coefficient (Wildman–Crippen LogP) is 3.98. The van der Waals surface area contributed by atoms with Crippen LogP contribution in [0.4, 0.5) is 0 Å². The van der Waals surface area contributed by atoms with Crippen LogP contribution in [0.15, 0.2) is 24.3 Å². The standard InChI is InChI=1S/C13H17BrClNO/c1-2-3-9-16(10-8-14)13(17)11-6-4-5-7-12(11)15/h4-7H,2-3,8-10H2,1H3. The van der Waals surface area contributed by atoms with Gasteiger partial charge in [-0.1, -0.05) is 53.0 Å². The van der Waals surface area contributed by atoms with Crippen molar-refractivity contribution in [3.8, 4) is 0 Å². The van der Waals surface area contributed by atoms with Crippen molar-refractivity contribution in [1.82, 2.24) is 4.90 Å². The highest BCUT2D eigenvalue weighted by Gasteiger charge is 2.16. The van der Waals surface area contributed by atoms with Crippen molar-refractivity contribution in [1.29, 1.82) is 0 Å². The van der Waals surface area contributed by atoms with Crippen LogP contribution in [0.3, 0.4) is 0 Å². The molecule has 17 heavy (non-hydrogen) atoms. The Morgan fingerprint density at radius 2 is 2.06 bits per heavy atom. The lowest BCUT2D eigenvalue weighted by atomic mass is 10.2. The topological polar surface area (TPSA) is 20.3 Å². The van der Waals surface area contributed by atoms with E-state index in [0.29, 0.717) is 17.1 Å². The minimum absolute atomic E-state index is 0.0171. The summed E-state index contributed by atoms with van der Waals surface area (Å²) in [5.74, 6) is 0.0171. The molecular weight excluding hydrogens is 302 g/mol. The van der Waals surface area contributed by atoms with E-state index in [1.165, 1.54) is 0 Å². The molecule has 2 nitrogen and oxygen atoms in total. The summed E-state index contributed by atoms with van der Waals surface area (Å²) in [5, 5.41) is 1.31. The first-order valence-corrected chi connectivity index (χ1v) is 7.30. The van der Waals surface area contributed by atoms with Crippen LogP contribution in [0.2, 0.25) is 5.02 Å². The zero-order chi connectivity index (χ0) is 12.7. The SMILES string of the molecule is CCCCN(CCBr)C(=O)c1ccccc1Cl. The number of rotatable bonds is 6. The third-order valence-corrected chi connectivity index (χ3v) is 3.21. The van der Waals surface area contributed by atoms with E-state index in [4.69, 9.17) is 11.6 Å². The summed E-state index contributed by atoms with van der Waals surface area (Å²) < 4.78 is 0. The molecule has 94 valence electrons. The number of carbonyl (C=O) groups excluding carboxylic acids is 1. The van der Waals surface area contributed by atoms with Gasteiger partial charge in [0.05, 0.1) is 10.6 Å². The monoisotopic (exact) mass is 317 g/mol. The molecule has 0 bridgehead atoms. The number of halogens is 2. The van der Waals surface area contributed by atoms with E-state index in [-0.39, 0.29) is 5.91 Å². The summed E-state index contributed by atoms with van der Waals surface area (Å²) in [7, 11) is 0. The molecule has 1 aromatic carbocycles. The number of carbonyl (C=O) groups is 1. The summed E-state index contributed by atoms with van der Waals surface area (Å²) in [4.78, 5) is 14.1. The van der Waals surface area contributed by atoms with Crippen LogP contribution in [0.25, 0.3) is 0 Å². The van der Waals surface area contributed by atoms with Crippen molar-refractivity contribution in [2.75, 3.05) is 18.4 Å². The number of alkyl halides is 1. The number of unbranched alkanes of at least 4 members (excludes halogenated alkanes) is 1. The molecule has 0 aliphatic rings. The first kappa shape index (κ1) is 14.5. The van der Waals surface area contributed by atoms with Gasteiger partial charge in [-0.05, 0) is 18.6 Å². The molecule has 0 aliphatic carbocycles. The Kier molecular flexibility index (Phi) is 6.60. The molecule has 0 saturated heterocycles. The minimum atomic E-state index is 0.0171. The van der Waals surface area contributed by atoms with Gasteiger partial charge in [-0.2, -0.15) is 0 Å². The zero-order valence-corrected chi connectivity index (χ0v) is 12.3. The van der Waals surface area contributed by atoms with Crippen molar-refractivity contribution in [2.24, 2.45) is 0 Å². The predicted molar refractivity (Wildman–Crippen MR) is 76.1 cm³/mol. The van der Waals surface area contributed by atoms with Gasteiger partial charge >= 0.3 is 0 Å². The van der Waals surface area contributed by atoms with Gasteiger partial charge in [0, 0.05) is 18.4 Å². The van der Waals surface area contributed by atoms with Gasteiger partial charge in [0.15, 0.2) is 0 Å². The highest BCUT2D eigenvalue weighted by Crippen LogP contribution is 2.17. The zero-order valence-electron chi connectivity index (χ0n) is 9.96. The number of amides is 1. The van der Waals surface area contributed by atoms with Crippen LogP contribution < -0.4 is 0 Å². The number of benzene rings is 1. The third kappa shape index (κ3) is 4.32. The van der Waals surface area contributed by atoms with Crippen molar-refractivity contribution >= 4 is 33.4 Å². The van der Waals surface area contributed by atoms with Crippen LogP contribution in [0.1, 0.15) is 30.1 Å². The smallest absolute Gasteiger partial charge is 0.255 e. The van der Waals surface area contributed by atoms with Crippen molar-refractivity contribution in [3.63, 3.8) is 0 Å². The molecule has 0 fully saturated rings. The Balaban J connectivity index is 2.80. The van der Waals surface area contributed by atoms with E-state index < -0.39 is 0 Å². The van der Waals surface area contributed by atoms with Crippen molar-refractivity contribution in [3.05, 3.63) is 34.9 Å². The number of hydrogen-bond donors (Lipinski definition) is 0. The summed E-state index contributed by atoms with van der Waals surface area (Å²) >= 11 is 9.41. The lowest BCUT2D eigenvalue weighted by Gasteiger charge is -2.22. The molecular formula is C13H17BrClNO. The van der Waals surface area contributed by atoms with Gasteiger partial charge < -0.3 is 4.90 Å². The molecule has 0 N–H and O–H groups in total. The second-order valence-corrected chi connectivity index (χ2v) is 5.01. The Morgan fingerprint density at radius 1 is 1.35 bits per heavy atom. The molecule has 0 atom stereocenters. The van der Waals surface area contributed by atoms with Crippen molar-refractivity contribution in [2.45, 2.75) is 19.8 Å². The van der Waals surface area contributed by atoms with E-state index in [1.54, 1.807) is 12.1 Å². The molecule has 0 aliphatic heterocycles. The normalized spacial score (nSPS) is 10.3. The minimum Gasteiger partial charge on any atom is -0.338 e. The van der Waals surface area contributed by atoms with Crippen LogP contribution in [0.5, 0.6) is 0 Å². The largest absolute Gasteiger partial charge is 0.338 e. The molecule has 1 aromatic rings. The average molecular weight is 319 g/mol. The average Bonchev–Trinajstić information content (AvgIpc) is 2.34. The lowest BCUT2D eigenvalue weighted by Crippen LogP contribution is -2.33. The van der Waals surface area contributed by atoms with Gasteiger partial charge in [-0.3, -0.25) is 4.79 Å². The molecule has 1 rings (SSSR count). The van der Waals surface area contributed by atoms with E-state index in [2.05, 4.69) is 22.9 Å². The maximum atomic E-state index is 12.3. The van der Waals surface area contributed by atoms with Crippen LogP contribution in [-0.2, 0) is 0 Å². The van der Waals surface area contributed by atoms with Gasteiger partial charge in [-0.25, -0.2) is 0 Å². The lowest BCUT2D eigenvalue weighted by molar-refractivity contribution is 0.0764. The van der Waals surface area contributed by atoms with Gasteiger partial charge in [0.1, 0.15) is 0 Å². The molecule has 1 amide bonds. The first-order valence-electron chi connectivity index (χ1n) is 5.80. The Bertz CT molecular complexity index is 370. The summed E-state index contributed by atoms with van der Waals surface area (Å²) in [6.45, 7) is 3.61. The van der Waals surface area contributed by atoms with Crippen LogP contribution in [-0.4, -0.2) is 29.2 Å². The molecule has 0 heterocycles. The summed E-state index contributed by atoms with van der Waals surface area (Å²) in [6, 6.07) is 7.20. The molecule has 0 radical (unpaired) electrons. The maximum absolute atomic E-state index is 12.3. The Hall–Kier alpha value is -0.540. The van der Waals surface area contributed by atoms with Gasteiger partial charge in [0.2, 0.25) is 0 Å². The van der Waals surface area contributed by atoms with E-state index >= 15 is 0 Å². The summed E-state index contributed by atoms with van der Waals surface area (Å²) in [6.07, 6.45) is 2.10. The molecule has 0 unspecified atom stereocenters. The van der Waals surface area contributed by atoms with E-state index in [1.807, 2.05) is 17.0 Å². The number of nitrogens with zero attached hydrogens (tertiary/aromatic N) is 1. The van der Waals surface area contributed by atoms with Gasteiger partial charge in [-0.15, -0.1) is 0 Å². The fraction of sp³-hybridized carbons (Fsp3) is 0.462. The highest BCUT2D eigenvalue weighted by atomic mass is 79.9. The summed E-state index contributed by atoms with van der Waals surface area (Å²) in [5.41, 5.74) is 0.589. The quantitative estimate of drug-likeness (QED) is 0.727. The second kappa shape index (κ2) is 7.72. The Morgan fingerprint density at radius 3 is 2.65 bits per heavy atom. The van der Waals surface area contributed by atoms with E-state index in [9.17, 15) is 4.79 Å². The number of hydrogen-bond acceptors (Lipinski definition) is 1. The highest BCUT2D eigenvalue weighted by molar-refractivity contribution is 9.09. The first-order chi connectivity index (χ1) is 8.20. The fourth-order valence-corrected chi connectivity index (χ4v) is 2.22. The van der Waals surface area contributed by atoms with Crippen LogP contribution >= 0.6 is 27.5 Å². The van der Waals surface area contributed by atoms with Crippen molar-refractivity contribution < 1.29 is 4.79 Å². The fourth-order valence-electron chi connectivity index (χ4n) is 1.57. The van der Waals surface area contributed by atoms with E-state index in [0.717, 1.165) is 24.7 Å². The second-order valence-electron chi connectivity index (χ2n) is 3.81. The molecule has 0 saturated carbocycles. The molecule has 0 spiro atoms. The third-order valence-electron chi connectivity index (χ3n) is 2.53. The molecule has 4 heteroatoms.